The van der Waals surface area contributed by atoms with Gasteiger partial charge in [-0.1, -0.05) is 13.8 Å². The average molecular weight is 713 g/mol. The maximum atomic E-state index is 12.6. The Hall–Kier alpha value is -1.27. The maximum Gasteiger partial charge on any atom is 0.334 e. The molecule has 0 aromatic heterocycles. The number of cyclic esters (lactones) is 1. The number of carbonyl (C=O) groups is 1. The number of carbonyl (C=O) groups excluding carboxylic acids is 1. The molecule has 4 aliphatic carbocycles. The van der Waals surface area contributed by atoms with E-state index in [0.29, 0.717) is 17.9 Å². The van der Waals surface area contributed by atoms with Crippen LogP contribution < -0.4 is 0 Å². The highest BCUT2D eigenvalue weighted by atomic mass is 16.7. The van der Waals surface area contributed by atoms with Gasteiger partial charge in [0.15, 0.2) is 12.6 Å². The van der Waals surface area contributed by atoms with Crippen molar-refractivity contribution in [3.05, 3.63) is 11.6 Å². The first-order valence-corrected chi connectivity index (χ1v) is 18.4. The number of aliphatic hydroxyl groups is 7. The van der Waals surface area contributed by atoms with Gasteiger partial charge in [-0.3, -0.25) is 0 Å². The van der Waals surface area contributed by atoms with Gasteiger partial charge in [-0.15, -0.1) is 0 Å². The SMILES string of the molecule is COC1C(O)C(OC2CCC3(C)C(CCC4C3CCC3(C)C(C5=CCOC5=O)C(O)CC43O)C2)OC(C)C1OC1OC(CO)C(O)C(O)C1O. The van der Waals surface area contributed by atoms with Gasteiger partial charge in [0.1, 0.15) is 49.3 Å². The average Bonchev–Trinajstić information content (AvgIpc) is 3.58. The second-order valence-electron chi connectivity index (χ2n) is 16.6. The highest BCUT2D eigenvalue weighted by Crippen LogP contribution is 2.70. The molecular weight excluding hydrogens is 656 g/mol. The van der Waals surface area contributed by atoms with E-state index in [9.17, 15) is 40.5 Å². The Balaban J connectivity index is 1.00. The zero-order chi connectivity index (χ0) is 35.9. The topological polar surface area (TPSA) is 214 Å². The Morgan fingerprint density at radius 3 is 2.30 bits per heavy atom. The van der Waals surface area contributed by atoms with Crippen LogP contribution >= 0.6 is 0 Å². The minimum Gasteiger partial charge on any atom is -0.458 e. The van der Waals surface area contributed by atoms with Crippen LogP contribution in [0, 0.1) is 34.5 Å². The molecule has 0 amide bonds. The maximum absolute atomic E-state index is 12.6. The van der Waals surface area contributed by atoms with Crippen molar-refractivity contribution in [3.63, 3.8) is 0 Å². The second kappa shape index (κ2) is 13.5. The Bertz CT molecular complexity index is 1300. The first-order valence-electron chi connectivity index (χ1n) is 18.4. The van der Waals surface area contributed by atoms with Crippen molar-refractivity contribution in [2.24, 2.45) is 34.5 Å². The molecule has 19 unspecified atom stereocenters. The number of aliphatic hydroxyl groups excluding tert-OH is 6. The highest BCUT2D eigenvalue weighted by molar-refractivity contribution is 5.91. The molecule has 2 saturated heterocycles. The number of ether oxygens (including phenoxy) is 6. The predicted octanol–water partition coefficient (Wildman–Crippen LogP) is -0.0948. The Morgan fingerprint density at radius 1 is 0.880 bits per heavy atom. The lowest BCUT2D eigenvalue weighted by Crippen LogP contribution is -2.64. The van der Waals surface area contributed by atoms with Crippen LogP contribution in [0.15, 0.2) is 11.6 Å². The molecule has 14 heteroatoms. The molecule has 14 nitrogen and oxygen atoms in total. The molecule has 7 aliphatic rings. The summed E-state index contributed by atoms with van der Waals surface area (Å²) in [6.45, 7) is 5.73. The zero-order valence-electron chi connectivity index (χ0n) is 29.4. The molecule has 0 bridgehead atoms. The van der Waals surface area contributed by atoms with Crippen molar-refractivity contribution in [3.8, 4) is 0 Å². The normalized spacial score (nSPS) is 55.1. The van der Waals surface area contributed by atoms with Crippen LogP contribution in [0.25, 0.3) is 0 Å². The molecule has 50 heavy (non-hydrogen) atoms. The summed E-state index contributed by atoms with van der Waals surface area (Å²) >= 11 is 0. The van der Waals surface area contributed by atoms with Crippen LogP contribution in [0.1, 0.15) is 72.1 Å². The molecule has 6 fully saturated rings. The number of hydrogen-bond acceptors (Lipinski definition) is 14. The standard InChI is InChI=1S/C36H56O14/c1-16-29(50-32-27(41)26(40)25(39)23(15-37)49-32)30(45-4)28(42)33(47-16)48-18-7-10-34(2)17(13-18)5-6-21-20(34)8-11-35(3)24(19-9-12-46-31(19)43)22(38)14-36(21,35)44/h9,16-18,20-30,32-33,37-42,44H,5-8,10-15H2,1-4H3. The van der Waals surface area contributed by atoms with Gasteiger partial charge in [0, 0.05) is 30.4 Å². The van der Waals surface area contributed by atoms with Crippen molar-refractivity contribution in [2.75, 3.05) is 20.3 Å². The van der Waals surface area contributed by atoms with Gasteiger partial charge in [-0.25, -0.2) is 4.79 Å². The van der Waals surface area contributed by atoms with Crippen molar-refractivity contribution in [1.82, 2.24) is 0 Å². The molecule has 7 N–H and O–H groups in total. The van der Waals surface area contributed by atoms with Crippen LogP contribution in [-0.4, -0.2) is 141 Å². The summed E-state index contributed by atoms with van der Waals surface area (Å²) in [7, 11) is 1.42. The summed E-state index contributed by atoms with van der Waals surface area (Å²) in [5.41, 5.74) is -1.26. The fraction of sp³-hybridized carbons (Fsp3) is 0.917. The van der Waals surface area contributed by atoms with Crippen LogP contribution in [0.2, 0.25) is 0 Å². The predicted molar refractivity (Wildman–Crippen MR) is 172 cm³/mol. The highest BCUT2D eigenvalue weighted by Gasteiger charge is 2.70. The molecule has 7 rings (SSSR count). The van der Waals surface area contributed by atoms with Gasteiger partial charge in [0.05, 0.1) is 30.5 Å². The van der Waals surface area contributed by atoms with Crippen LogP contribution in [-0.2, 0) is 33.2 Å². The van der Waals surface area contributed by atoms with E-state index in [1.165, 1.54) is 7.11 Å². The Morgan fingerprint density at radius 2 is 1.62 bits per heavy atom. The summed E-state index contributed by atoms with van der Waals surface area (Å²) in [4.78, 5) is 12.6. The Labute approximate surface area is 292 Å². The van der Waals surface area contributed by atoms with E-state index < -0.39 is 91.1 Å². The van der Waals surface area contributed by atoms with E-state index >= 15 is 0 Å². The van der Waals surface area contributed by atoms with E-state index in [1.807, 2.05) is 0 Å². The summed E-state index contributed by atoms with van der Waals surface area (Å²) < 4.78 is 35.0. The van der Waals surface area contributed by atoms with Crippen LogP contribution in [0.4, 0.5) is 0 Å². The summed E-state index contributed by atoms with van der Waals surface area (Å²) in [6.07, 6.45) is -5.43. The van der Waals surface area contributed by atoms with Gasteiger partial charge in [0.25, 0.3) is 0 Å². The minimum atomic E-state index is -1.61. The van der Waals surface area contributed by atoms with Crippen LogP contribution in [0.5, 0.6) is 0 Å². The molecule has 0 radical (unpaired) electrons. The molecule has 0 aromatic carbocycles. The molecule has 19 atom stereocenters. The number of methoxy groups -OCH3 is 1. The monoisotopic (exact) mass is 712 g/mol. The second-order valence-corrected chi connectivity index (χ2v) is 16.6. The lowest BCUT2D eigenvalue weighted by atomic mass is 9.43. The summed E-state index contributed by atoms with van der Waals surface area (Å²) in [6, 6.07) is 0. The van der Waals surface area contributed by atoms with Gasteiger partial charge in [0.2, 0.25) is 0 Å². The molecule has 0 spiro atoms. The lowest BCUT2D eigenvalue weighted by Gasteiger charge is -2.63. The fourth-order valence-corrected chi connectivity index (χ4v) is 11.6. The van der Waals surface area contributed by atoms with Crippen LogP contribution in [0.3, 0.4) is 0 Å². The van der Waals surface area contributed by atoms with Gasteiger partial charge < -0.3 is 64.2 Å². The van der Waals surface area contributed by atoms with Gasteiger partial charge >= 0.3 is 5.97 Å². The van der Waals surface area contributed by atoms with E-state index in [0.717, 1.165) is 38.5 Å². The first-order chi connectivity index (χ1) is 23.7. The zero-order valence-corrected chi connectivity index (χ0v) is 29.4. The molecule has 3 heterocycles. The number of rotatable bonds is 7. The molecule has 3 aliphatic heterocycles. The smallest absolute Gasteiger partial charge is 0.334 e. The fourth-order valence-electron chi connectivity index (χ4n) is 11.6. The van der Waals surface area contributed by atoms with E-state index in [4.69, 9.17) is 28.4 Å². The van der Waals surface area contributed by atoms with E-state index in [1.54, 1.807) is 13.0 Å². The first kappa shape index (κ1) is 37.1. The molecule has 284 valence electrons. The lowest BCUT2D eigenvalue weighted by molar-refractivity contribution is -0.362. The van der Waals surface area contributed by atoms with Crippen molar-refractivity contribution in [1.29, 1.82) is 0 Å². The third-order valence-corrected chi connectivity index (χ3v) is 14.4. The number of esters is 1. The van der Waals surface area contributed by atoms with E-state index in [-0.39, 0.29) is 42.4 Å². The van der Waals surface area contributed by atoms with Crippen molar-refractivity contribution >= 4 is 5.97 Å². The molecule has 4 saturated carbocycles. The summed E-state index contributed by atoms with van der Waals surface area (Å²) in [5.74, 6) is -0.245. The van der Waals surface area contributed by atoms with Crippen molar-refractivity contribution in [2.45, 2.75) is 151 Å². The van der Waals surface area contributed by atoms with Crippen molar-refractivity contribution < 1.29 is 69.0 Å². The number of hydrogen-bond donors (Lipinski definition) is 7. The third-order valence-electron chi connectivity index (χ3n) is 14.4. The largest absolute Gasteiger partial charge is 0.458 e. The quantitative estimate of drug-likeness (QED) is 0.136. The Kier molecular flexibility index (Phi) is 10.0. The minimum absolute atomic E-state index is 0.00471. The molecule has 0 aromatic rings. The molecular formula is C36H56O14. The summed E-state index contributed by atoms with van der Waals surface area (Å²) in [5, 5.41) is 75.7. The number of fused-ring (bicyclic) bond motifs is 5. The van der Waals surface area contributed by atoms with Gasteiger partial charge in [-0.05, 0) is 81.1 Å². The third kappa shape index (κ3) is 5.63. The van der Waals surface area contributed by atoms with Gasteiger partial charge in [-0.2, -0.15) is 0 Å². The van der Waals surface area contributed by atoms with E-state index in [2.05, 4.69) is 13.8 Å².